The van der Waals surface area contributed by atoms with Crippen molar-refractivity contribution in [1.82, 2.24) is 14.8 Å². The third-order valence-electron chi connectivity index (χ3n) is 7.67. The summed E-state index contributed by atoms with van der Waals surface area (Å²) < 4.78 is 10.9. The minimum atomic E-state index is -0.258. The van der Waals surface area contributed by atoms with Crippen LogP contribution in [-0.2, 0) is 9.59 Å². The van der Waals surface area contributed by atoms with Gasteiger partial charge < -0.3 is 14.1 Å². The number of ether oxygens (including phenoxy) is 1. The van der Waals surface area contributed by atoms with Crippen LogP contribution in [0.5, 0.6) is 5.75 Å². The molecule has 8 nitrogen and oxygen atoms in total. The molecule has 2 amide bonds. The van der Waals surface area contributed by atoms with Crippen LogP contribution >= 0.6 is 0 Å². The third-order valence-corrected chi connectivity index (χ3v) is 7.67. The van der Waals surface area contributed by atoms with E-state index in [9.17, 15) is 9.59 Å². The van der Waals surface area contributed by atoms with Crippen molar-refractivity contribution in [1.29, 1.82) is 0 Å². The van der Waals surface area contributed by atoms with E-state index in [0.717, 1.165) is 74.6 Å². The number of furan rings is 1. The first-order valence-electron chi connectivity index (χ1n) is 13.2. The number of hydrogen-bond donors (Lipinski definition) is 0. The van der Waals surface area contributed by atoms with Crippen molar-refractivity contribution in [2.24, 2.45) is 11.0 Å². The van der Waals surface area contributed by atoms with Gasteiger partial charge in [-0.05, 0) is 80.7 Å². The Hall–Kier alpha value is -3.13. The molecule has 2 fully saturated rings. The Morgan fingerprint density at radius 2 is 1.72 bits per heavy atom. The molecule has 36 heavy (non-hydrogen) atoms. The highest BCUT2D eigenvalue weighted by molar-refractivity contribution is 6.03. The van der Waals surface area contributed by atoms with Gasteiger partial charge in [0.2, 0.25) is 5.91 Å². The van der Waals surface area contributed by atoms with Crippen LogP contribution in [0.3, 0.4) is 0 Å². The molecule has 8 heteroatoms. The van der Waals surface area contributed by atoms with Gasteiger partial charge in [0.25, 0.3) is 5.91 Å². The van der Waals surface area contributed by atoms with Gasteiger partial charge in [0.1, 0.15) is 17.6 Å². The highest BCUT2D eigenvalue weighted by atomic mass is 16.5. The van der Waals surface area contributed by atoms with E-state index < -0.39 is 0 Å². The van der Waals surface area contributed by atoms with Gasteiger partial charge >= 0.3 is 0 Å². The molecule has 0 bridgehead atoms. The lowest BCUT2D eigenvalue weighted by molar-refractivity contribution is -0.138. The summed E-state index contributed by atoms with van der Waals surface area (Å²) in [6.07, 6.45) is 8.53. The van der Waals surface area contributed by atoms with E-state index in [4.69, 9.17) is 14.3 Å². The first-order chi connectivity index (χ1) is 17.6. The Balaban J connectivity index is 1.22. The predicted octanol–water partition coefficient (Wildman–Crippen LogP) is 4.08. The maximum absolute atomic E-state index is 13.4. The molecule has 5 rings (SSSR count). The standard InChI is InChI=1S/C28H36N4O4/c1-35-23-10-8-21(9-11-23)24-19-25(26-7-6-18-36-26)32(29-24)27(33)20-30-16-12-22(13-17-30)28(34)31-14-4-2-3-5-15-31/h6-11,18,22,25H,2-5,12-17,19-20H2,1H3/t25-/m1/s1. The quantitative estimate of drug-likeness (QED) is 0.607. The van der Waals surface area contributed by atoms with E-state index in [2.05, 4.69) is 9.80 Å². The van der Waals surface area contributed by atoms with Gasteiger partial charge in [-0.3, -0.25) is 14.5 Å². The zero-order valence-electron chi connectivity index (χ0n) is 21.1. The monoisotopic (exact) mass is 492 g/mol. The van der Waals surface area contributed by atoms with Gasteiger partial charge in [-0.15, -0.1) is 0 Å². The topological polar surface area (TPSA) is 78.6 Å². The van der Waals surface area contributed by atoms with Crippen molar-refractivity contribution in [2.75, 3.05) is 39.8 Å². The molecule has 1 aromatic heterocycles. The minimum Gasteiger partial charge on any atom is -0.497 e. The number of nitrogens with zero attached hydrogens (tertiary/aromatic N) is 4. The Morgan fingerprint density at radius 1 is 1.00 bits per heavy atom. The minimum absolute atomic E-state index is 0.0443. The lowest BCUT2D eigenvalue weighted by Gasteiger charge is -2.34. The number of likely N-dealkylation sites (tertiary alicyclic amines) is 2. The van der Waals surface area contributed by atoms with Crippen LogP contribution in [0.25, 0.3) is 0 Å². The Kier molecular flexibility index (Phi) is 7.70. The van der Waals surface area contributed by atoms with Crippen LogP contribution in [0.15, 0.2) is 52.2 Å². The average molecular weight is 493 g/mol. The van der Waals surface area contributed by atoms with Gasteiger partial charge in [0, 0.05) is 25.4 Å². The zero-order chi connectivity index (χ0) is 24.9. The molecule has 3 aliphatic heterocycles. The third kappa shape index (κ3) is 5.48. The number of hydrogen-bond acceptors (Lipinski definition) is 6. The molecule has 4 heterocycles. The molecule has 0 unspecified atom stereocenters. The maximum atomic E-state index is 13.4. The molecule has 0 saturated carbocycles. The lowest BCUT2D eigenvalue weighted by atomic mass is 9.95. The van der Waals surface area contributed by atoms with Gasteiger partial charge in [-0.1, -0.05) is 12.8 Å². The van der Waals surface area contributed by atoms with E-state index >= 15 is 0 Å². The van der Waals surface area contributed by atoms with Gasteiger partial charge in [0.05, 0.1) is 25.6 Å². The number of piperidine rings is 1. The summed E-state index contributed by atoms with van der Waals surface area (Å²) in [6.45, 7) is 3.60. The number of carbonyl (C=O) groups is 2. The molecule has 1 aromatic carbocycles. The van der Waals surface area contributed by atoms with Gasteiger partial charge in [-0.25, -0.2) is 5.01 Å². The summed E-state index contributed by atoms with van der Waals surface area (Å²) >= 11 is 0. The molecule has 1 atom stereocenters. The predicted molar refractivity (Wildman–Crippen MR) is 137 cm³/mol. The molecule has 3 aliphatic rings. The van der Waals surface area contributed by atoms with Crippen molar-refractivity contribution < 1.29 is 18.7 Å². The normalized spacial score (nSPS) is 21.8. The first-order valence-corrected chi connectivity index (χ1v) is 13.2. The summed E-state index contributed by atoms with van der Waals surface area (Å²) in [5.74, 6) is 1.87. The summed E-state index contributed by atoms with van der Waals surface area (Å²) in [7, 11) is 1.64. The molecular formula is C28H36N4O4. The second kappa shape index (κ2) is 11.3. The number of hydrazone groups is 1. The second-order valence-electron chi connectivity index (χ2n) is 10.0. The molecule has 192 valence electrons. The lowest BCUT2D eigenvalue weighted by Crippen LogP contribution is -2.45. The smallest absolute Gasteiger partial charge is 0.257 e. The maximum Gasteiger partial charge on any atom is 0.257 e. The molecule has 2 aromatic rings. The fraction of sp³-hybridized carbons (Fsp3) is 0.536. The fourth-order valence-corrected chi connectivity index (χ4v) is 5.55. The summed E-state index contributed by atoms with van der Waals surface area (Å²) in [4.78, 5) is 30.7. The van der Waals surface area contributed by atoms with E-state index in [1.54, 1.807) is 18.4 Å². The van der Waals surface area contributed by atoms with Crippen molar-refractivity contribution in [3.8, 4) is 5.75 Å². The molecule has 2 saturated heterocycles. The summed E-state index contributed by atoms with van der Waals surface area (Å²) in [5, 5.41) is 6.33. The van der Waals surface area contributed by atoms with E-state index in [-0.39, 0.29) is 17.9 Å². The van der Waals surface area contributed by atoms with Crippen LogP contribution in [0.1, 0.15) is 62.3 Å². The highest BCUT2D eigenvalue weighted by Crippen LogP contribution is 2.34. The average Bonchev–Trinajstić information content (AvgIpc) is 3.53. The van der Waals surface area contributed by atoms with Crippen LogP contribution in [-0.4, -0.2) is 72.2 Å². The van der Waals surface area contributed by atoms with Crippen LogP contribution < -0.4 is 4.74 Å². The Bertz CT molecular complexity index is 1050. The number of benzene rings is 1. The second-order valence-corrected chi connectivity index (χ2v) is 10.0. The van der Waals surface area contributed by atoms with Crippen molar-refractivity contribution in [2.45, 2.75) is 51.0 Å². The molecule has 0 aliphatic carbocycles. The largest absolute Gasteiger partial charge is 0.497 e. The van der Waals surface area contributed by atoms with E-state index in [1.165, 1.54) is 12.8 Å². The number of rotatable bonds is 6. The van der Waals surface area contributed by atoms with E-state index in [1.807, 2.05) is 36.4 Å². The fourth-order valence-electron chi connectivity index (χ4n) is 5.55. The molecular weight excluding hydrogens is 456 g/mol. The first kappa shape index (κ1) is 24.6. The van der Waals surface area contributed by atoms with Crippen molar-refractivity contribution in [3.05, 3.63) is 54.0 Å². The molecule has 0 spiro atoms. The van der Waals surface area contributed by atoms with Crippen molar-refractivity contribution >= 4 is 17.5 Å². The number of methoxy groups -OCH3 is 1. The highest BCUT2D eigenvalue weighted by Gasteiger charge is 2.36. The zero-order valence-corrected chi connectivity index (χ0v) is 21.1. The van der Waals surface area contributed by atoms with Gasteiger partial charge in [-0.2, -0.15) is 5.10 Å². The SMILES string of the molecule is COc1ccc(C2=NN(C(=O)CN3CCC(C(=O)N4CCCCCC4)CC3)[C@@H](c3ccco3)C2)cc1. The van der Waals surface area contributed by atoms with Crippen molar-refractivity contribution in [3.63, 3.8) is 0 Å². The van der Waals surface area contributed by atoms with Crippen LogP contribution in [0.2, 0.25) is 0 Å². The number of carbonyl (C=O) groups excluding carboxylic acids is 2. The van der Waals surface area contributed by atoms with Crippen LogP contribution in [0, 0.1) is 5.92 Å². The molecule has 0 N–H and O–H groups in total. The number of amides is 2. The molecule has 0 radical (unpaired) electrons. The van der Waals surface area contributed by atoms with E-state index in [0.29, 0.717) is 18.9 Å². The summed E-state index contributed by atoms with van der Waals surface area (Å²) in [6, 6.07) is 11.2. The van der Waals surface area contributed by atoms with Gasteiger partial charge in [0.15, 0.2) is 0 Å². The van der Waals surface area contributed by atoms with Crippen LogP contribution in [0.4, 0.5) is 0 Å². The summed E-state index contributed by atoms with van der Waals surface area (Å²) in [5.41, 5.74) is 1.82. The Morgan fingerprint density at radius 3 is 2.36 bits per heavy atom. The Labute approximate surface area is 212 Å².